The van der Waals surface area contributed by atoms with Crippen LogP contribution in [0.5, 0.6) is 0 Å². The zero-order chi connectivity index (χ0) is 14.5. The molecule has 4 heteroatoms. The standard InChI is InChI=1S/C18H14N4/c1-2-4-13-6-15-8-17-11-22-18(10-19-20-21-22)9-16(17)7-14(15)5-12(13)3-1/h1-11,19-21H. The lowest BCUT2D eigenvalue weighted by molar-refractivity contribution is 0.726. The van der Waals surface area contributed by atoms with Gasteiger partial charge in [-0.25, -0.2) is 14.9 Å². The lowest BCUT2D eigenvalue weighted by Gasteiger charge is -2.08. The molecule has 0 unspecified atom stereocenters. The van der Waals surface area contributed by atoms with Gasteiger partial charge in [-0.1, -0.05) is 24.3 Å². The first-order valence-corrected chi connectivity index (χ1v) is 7.29. The highest BCUT2D eigenvalue weighted by atomic mass is 15.5. The van der Waals surface area contributed by atoms with Crippen LogP contribution in [0.25, 0.3) is 37.8 Å². The predicted octanol–water partition coefficient (Wildman–Crippen LogP) is 4.51. The van der Waals surface area contributed by atoms with Gasteiger partial charge >= 0.3 is 0 Å². The molecule has 22 heavy (non-hydrogen) atoms. The molecule has 3 N–H and O–H groups in total. The molecule has 5 rings (SSSR count). The topological polar surface area (TPSA) is 51.8 Å². The quantitative estimate of drug-likeness (QED) is 0.351. The Hall–Kier alpha value is -3.14. The maximum absolute atomic E-state index is 3.06. The molecule has 0 aliphatic rings. The number of nitrogens with zero attached hydrogens (tertiary/aromatic N) is 1. The molecular formula is C18H14N4. The van der Waals surface area contributed by atoms with Crippen molar-refractivity contribution in [3.63, 3.8) is 0 Å². The average Bonchev–Trinajstić information content (AvgIpc) is 2.56. The summed E-state index contributed by atoms with van der Waals surface area (Å²) < 4.78 is 1.96. The van der Waals surface area contributed by atoms with E-state index in [4.69, 9.17) is 0 Å². The van der Waals surface area contributed by atoms with E-state index in [-0.39, 0.29) is 0 Å². The van der Waals surface area contributed by atoms with E-state index in [1.807, 2.05) is 10.7 Å². The van der Waals surface area contributed by atoms with Crippen molar-refractivity contribution in [1.82, 2.24) is 20.0 Å². The van der Waals surface area contributed by atoms with E-state index in [0.717, 1.165) is 5.52 Å². The minimum Gasteiger partial charge on any atom is -0.291 e. The minimum atomic E-state index is 1.08. The van der Waals surface area contributed by atoms with E-state index in [9.17, 15) is 0 Å². The third-order valence-electron chi connectivity index (χ3n) is 4.23. The molecule has 0 atom stereocenters. The van der Waals surface area contributed by atoms with Gasteiger partial charge in [0, 0.05) is 17.8 Å². The summed E-state index contributed by atoms with van der Waals surface area (Å²) >= 11 is 0. The van der Waals surface area contributed by atoms with Crippen molar-refractivity contribution in [1.29, 1.82) is 0 Å². The SMILES string of the molecule is c1ccc2cc3cc4cn5[nH][nH][nH]cc5cc4cc3cc2c1. The second-order valence-corrected chi connectivity index (χ2v) is 5.62. The monoisotopic (exact) mass is 286 g/mol. The van der Waals surface area contributed by atoms with Crippen LogP contribution in [-0.2, 0) is 0 Å². The van der Waals surface area contributed by atoms with Gasteiger partial charge in [0.25, 0.3) is 0 Å². The van der Waals surface area contributed by atoms with Crippen molar-refractivity contribution in [3.8, 4) is 0 Å². The summed E-state index contributed by atoms with van der Waals surface area (Å²) in [5.74, 6) is 0. The number of aromatic nitrogens is 4. The van der Waals surface area contributed by atoms with Crippen molar-refractivity contribution >= 4 is 37.8 Å². The highest BCUT2D eigenvalue weighted by Crippen LogP contribution is 2.27. The number of rotatable bonds is 0. The molecule has 4 nitrogen and oxygen atoms in total. The van der Waals surface area contributed by atoms with Gasteiger partial charge in [-0.15, -0.1) is 0 Å². The van der Waals surface area contributed by atoms with E-state index in [1.165, 1.54) is 32.3 Å². The smallest absolute Gasteiger partial charge is 0.0821 e. The van der Waals surface area contributed by atoms with Crippen molar-refractivity contribution < 1.29 is 0 Å². The molecule has 0 radical (unpaired) electrons. The Morgan fingerprint density at radius 1 is 0.682 bits per heavy atom. The largest absolute Gasteiger partial charge is 0.291 e. The molecule has 2 heterocycles. The minimum absolute atomic E-state index is 1.08. The van der Waals surface area contributed by atoms with Gasteiger partial charge in [0.15, 0.2) is 0 Å². The number of fused-ring (bicyclic) bond motifs is 4. The van der Waals surface area contributed by atoms with Crippen LogP contribution in [0.2, 0.25) is 0 Å². The third-order valence-corrected chi connectivity index (χ3v) is 4.23. The molecule has 0 saturated heterocycles. The van der Waals surface area contributed by atoms with E-state index in [0.29, 0.717) is 0 Å². The fourth-order valence-electron chi connectivity index (χ4n) is 3.12. The zero-order valence-electron chi connectivity index (χ0n) is 11.8. The summed E-state index contributed by atoms with van der Waals surface area (Å²) in [5, 5.41) is 16.4. The lowest BCUT2D eigenvalue weighted by Crippen LogP contribution is -1.98. The van der Waals surface area contributed by atoms with E-state index >= 15 is 0 Å². The number of aromatic amines is 3. The van der Waals surface area contributed by atoms with Gasteiger partial charge in [-0.2, -0.15) is 0 Å². The fourth-order valence-corrected chi connectivity index (χ4v) is 3.12. The summed E-state index contributed by atoms with van der Waals surface area (Å²) in [6.07, 6.45) is 4.03. The fraction of sp³-hybridized carbons (Fsp3) is 0. The van der Waals surface area contributed by atoms with Crippen LogP contribution in [-0.4, -0.2) is 20.0 Å². The number of hydrogen-bond acceptors (Lipinski definition) is 0. The highest BCUT2D eigenvalue weighted by Gasteiger charge is 2.02. The molecule has 0 bridgehead atoms. The van der Waals surface area contributed by atoms with Crippen LogP contribution >= 0.6 is 0 Å². The lowest BCUT2D eigenvalue weighted by atomic mass is 10.0. The Labute approximate surface area is 125 Å². The Bertz CT molecular complexity index is 997. The van der Waals surface area contributed by atoms with Crippen molar-refractivity contribution in [2.24, 2.45) is 0 Å². The second-order valence-electron chi connectivity index (χ2n) is 5.62. The molecule has 5 aromatic rings. The molecular weight excluding hydrogens is 272 g/mol. The van der Waals surface area contributed by atoms with Crippen molar-refractivity contribution in [2.75, 3.05) is 0 Å². The molecule has 0 saturated carbocycles. The molecule has 0 amide bonds. The Morgan fingerprint density at radius 3 is 2.09 bits per heavy atom. The third kappa shape index (κ3) is 1.64. The zero-order valence-corrected chi connectivity index (χ0v) is 11.8. The van der Waals surface area contributed by atoms with Crippen molar-refractivity contribution in [3.05, 3.63) is 67.0 Å². The summed E-state index contributed by atoms with van der Waals surface area (Å²) in [6, 6.07) is 19.7. The van der Waals surface area contributed by atoms with Gasteiger partial charge in [0.2, 0.25) is 0 Å². The molecule has 0 aliphatic carbocycles. The Kier molecular flexibility index (Phi) is 2.19. The number of H-pyrrole nitrogens is 3. The number of pyridine rings is 1. The second kappa shape index (κ2) is 4.18. The van der Waals surface area contributed by atoms with Gasteiger partial charge in [0.05, 0.1) is 5.52 Å². The van der Waals surface area contributed by atoms with E-state index in [2.05, 4.69) is 76.3 Å². The number of benzene rings is 3. The number of nitrogens with one attached hydrogen (secondary N) is 3. The van der Waals surface area contributed by atoms with Crippen LogP contribution in [0.4, 0.5) is 0 Å². The maximum atomic E-state index is 3.06. The first-order valence-electron chi connectivity index (χ1n) is 7.29. The predicted molar refractivity (Wildman–Crippen MR) is 90.6 cm³/mol. The highest BCUT2D eigenvalue weighted by molar-refractivity contribution is 6.05. The van der Waals surface area contributed by atoms with Gasteiger partial charge in [-0.05, 0) is 57.3 Å². The van der Waals surface area contributed by atoms with Gasteiger partial charge in [-0.3, -0.25) is 5.10 Å². The van der Waals surface area contributed by atoms with Crippen LogP contribution in [0.15, 0.2) is 67.0 Å². The van der Waals surface area contributed by atoms with Crippen LogP contribution in [0, 0.1) is 0 Å². The average molecular weight is 286 g/mol. The van der Waals surface area contributed by atoms with Gasteiger partial charge < -0.3 is 0 Å². The normalized spacial score (nSPS) is 11.6. The molecule has 2 aromatic heterocycles. The molecule has 0 fully saturated rings. The Morgan fingerprint density at radius 2 is 1.32 bits per heavy atom. The summed E-state index contributed by atoms with van der Waals surface area (Å²) in [4.78, 5) is 0. The van der Waals surface area contributed by atoms with Crippen LogP contribution in [0.3, 0.4) is 0 Å². The first-order chi connectivity index (χ1) is 10.9. The molecule has 3 aromatic carbocycles. The van der Waals surface area contributed by atoms with Crippen molar-refractivity contribution in [2.45, 2.75) is 0 Å². The van der Waals surface area contributed by atoms with E-state index < -0.39 is 0 Å². The molecule has 0 aliphatic heterocycles. The first kappa shape index (κ1) is 11.5. The molecule has 106 valence electrons. The Balaban J connectivity index is 1.93. The summed E-state index contributed by atoms with van der Waals surface area (Å²) in [6.45, 7) is 0. The van der Waals surface area contributed by atoms with Gasteiger partial charge in [0.1, 0.15) is 0 Å². The van der Waals surface area contributed by atoms with E-state index in [1.54, 1.807) is 0 Å². The summed E-state index contributed by atoms with van der Waals surface area (Å²) in [5.41, 5.74) is 1.08. The van der Waals surface area contributed by atoms with Crippen LogP contribution in [0.1, 0.15) is 0 Å². The molecule has 0 spiro atoms. The maximum Gasteiger partial charge on any atom is 0.0821 e. The number of hydrogen-bond donors (Lipinski definition) is 3. The summed E-state index contributed by atoms with van der Waals surface area (Å²) in [7, 11) is 0. The van der Waals surface area contributed by atoms with Crippen LogP contribution < -0.4 is 0 Å².